The molecule has 0 radical (unpaired) electrons. The first kappa shape index (κ1) is 16.0. The van der Waals surface area contributed by atoms with Crippen LogP contribution in [0.25, 0.3) is 0 Å². The molecule has 0 aromatic heterocycles. The molecule has 5 heteroatoms. The predicted molar refractivity (Wildman–Crippen MR) is 78.8 cm³/mol. The summed E-state index contributed by atoms with van der Waals surface area (Å²) in [5.41, 5.74) is -0.832. The van der Waals surface area contributed by atoms with E-state index >= 15 is 0 Å². The van der Waals surface area contributed by atoms with E-state index in [2.05, 4.69) is 0 Å². The lowest BCUT2D eigenvalue weighted by Gasteiger charge is -2.48. The lowest BCUT2D eigenvalue weighted by molar-refractivity contribution is -0.191. The number of carbonyl (C=O) groups is 2. The van der Waals surface area contributed by atoms with Crippen LogP contribution in [-0.2, 0) is 14.3 Å². The Hall–Kier alpha value is -1.36. The molecule has 1 fully saturated rings. The van der Waals surface area contributed by atoms with Crippen LogP contribution in [0.15, 0.2) is 12.2 Å². The molecule has 0 aromatic rings. The number of aliphatic carboxylic acids is 1. The van der Waals surface area contributed by atoms with E-state index in [9.17, 15) is 14.7 Å². The van der Waals surface area contributed by atoms with E-state index in [1.807, 2.05) is 39.8 Å². The maximum absolute atomic E-state index is 12.8. The third-order valence-electron chi connectivity index (χ3n) is 4.07. The van der Waals surface area contributed by atoms with Gasteiger partial charge in [-0.25, -0.2) is 0 Å². The number of carbonyl (C=O) groups excluding carboxylic acids is 1. The molecule has 1 saturated heterocycles. The fraction of sp³-hybridized carbons (Fsp3) is 0.750. The van der Waals surface area contributed by atoms with Crippen molar-refractivity contribution in [2.75, 3.05) is 13.1 Å². The van der Waals surface area contributed by atoms with Gasteiger partial charge in [0.05, 0.1) is 23.0 Å². The molecular formula is C16H25NO4. The van der Waals surface area contributed by atoms with Crippen molar-refractivity contribution in [3.05, 3.63) is 12.2 Å². The van der Waals surface area contributed by atoms with Gasteiger partial charge in [-0.15, -0.1) is 0 Å². The van der Waals surface area contributed by atoms with E-state index in [0.29, 0.717) is 25.9 Å². The average molecular weight is 295 g/mol. The summed E-state index contributed by atoms with van der Waals surface area (Å²) in [6.07, 6.45) is 4.71. The summed E-state index contributed by atoms with van der Waals surface area (Å²) in [5.74, 6) is -2.02. The highest BCUT2D eigenvalue weighted by molar-refractivity contribution is 5.85. The van der Waals surface area contributed by atoms with Crippen LogP contribution in [0.3, 0.4) is 0 Å². The fourth-order valence-corrected chi connectivity index (χ4v) is 3.54. The Balaban J connectivity index is 2.18. The first-order chi connectivity index (χ1) is 9.61. The summed E-state index contributed by atoms with van der Waals surface area (Å²) in [6.45, 7) is 8.85. The number of hydrogen-bond donors (Lipinski definition) is 1. The maximum Gasteiger partial charge on any atom is 0.307 e. The van der Waals surface area contributed by atoms with E-state index in [0.717, 1.165) is 0 Å². The maximum atomic E-state index is 12.8. The molecular weight excluding hydrogens is 270 g/mol. The molecule has 1 aliphatic carbocycles. The molecule has 2 rings (SSSR count). The van der Waals surface area contributed by atoms with E-state index in [4.69, 9.17) is 4.74 Å². The first-order valence-corrected chi connectivity index (χ1v) is 7.48. The number of amides is 1. The first-order valence-electron chi connectivity index (χ1n) is 7.48. The molecule has 0 bridgehead atoms. The van der Waals surface area contributed by atoms with E-state index in [1.165, 1.54) is 0 Å². The van der Waals surface area contributed by atoms with Gasteiger partial charge in [0.2, 0.25) is 5.91 Å². The van der Waals surface area contributed by atoms with Crippen molar-refractivity contribution in [1.82, 2.24) is 4.90 Å². The fourth-order valence-electron chi connectivity index (χ4n) is 3.54. The Morgan fingerprint density at radius 2 is 1.52 bits per heavy atom. The lowest BCUT2D eigenvalue weighted by atomic mass is 9.81. The molecule has 1 amide bonds. The Morgan fingerprint density at radius 1 is 1.05 bits per heavy atom. The van der Waals surface area contributed by atoms with Crippen LogP contribution in [0.2, 0.25) is 0 Å². The molecule has 1 heterocycles. The van der Waals surface area contributed by atoms with Crippen molar-refractivity contribution in [2.45, 2.75) is 51.7 Å². The third kappa shape index (κ3) is 3.64. The van der Waals surface area contributed by atoms with Crippen molar-refractivity contribution in [3.63, 3.8) is 0 Å². The van der Waals surface area contributed by atoms with Gasteiger partial charge in [-0.2, -0.15) is 0 Å². The smallest absolute Gasteiger partial charge is 0.307 e. The van der Waals surface area contributed by atoms with Crippen molar-refractivity contribution < 1.29 is 19.4 Å². The number of ether oxygens (including phenoxy) is 1. The van der Waals surface area contributed by atoms with Gasteiger partial charge in [-0.1, -0.05) is 12.2 Å². The highest BCUT2D eigenvalue weighted by Crippen LogP contribution is 2.33. The van der Waals surface area contributed by atoms with Crippen LogP contribution >= 0.6 is 0 Å². The summed E-state index contributed by atoms with van der Waals surface area (Å²) >= 11 is 0. The van der Waals surface area contributed by atoms with Crippen LogP contribution < -0.4 is 0 Å². The van der Waals surface area contributed by atoms with Gasteiger partial charge in [0.15, 0.2) is 0 Å². The summed E-state index contributed by atoms with van der Waals surface area (Å²) in [7, 11) is 0. The topological polar surface area (TPSA) is 66.8 Å². The van der Waals surface area contributed by atoms with Gasteiger partial charge < -0.3 is 14.7 Å². The molecule has 2 unspecified atom stereocenters. The normalized spacial score (nSPS) is 31.0. The van der Waals surface area contributed by atoms with Crippen LogP contribution in [-0.4, -0.2) is 46.2 Å². The number of allylic oxidation sites excluding steroid dienone is 2. The van der Waals surface area contributed by atoms with Crippen LogP contribution in [0.4, 0.5) is 0 Å². The second-order valence-corrected chi connectivity index (χ2v) is 7.31. The largest absolute Gasteiger partial charge is 0.481 e. The monoisotopic (exact) mass is 295 g/mol. The summed E-state index contributed by atoms with van der Waals surface area (Å²) in [6, 6.07) is 0. The SMILES string of the molecule is CC1(C)CN(C(=O)C2CC=CCC2C(=O)O)CC(C)(C)O1. The molecule has 0 spiro atoms. The average Bonchev–Trinajstić information content (AvgIpc) is 2.34. The number of morpholine rings is 1. The minimum Gasteiger partial charge on any atom is -0.481 e. The van der Waals surface area contributed by atoms with Crippen molar-refractivity contribution in [1.29, 1.82) is 0 Å². The molecule has 2 aliphatic rings. The minimum absolute atomic E-state index is 0.0591. The predicted octanol–water partition coefficient (Wildman–Crippen LogP) is 2.07. The summed E-state index contributed by atoms with van der Waals surface area (Å²) in [5, 5.41) is 9.33. The highest BCUT2D eigenvalue weighted by Gasteiger charge is 2.43. The third-order valence-corrected chi connectivity index (χ3v) is 4.07. The Labute approximate surface area is 126 Å². The molecule has 1 N–H and O–H groups in total. The quantitative estimate of drug-likeness (QED) is 0.792. The molecule has 0 aromatic carbocycles. The summed E-state index contributed by atoms with van der Waals surface area (Å²) < 4.78 is 5.98. The zero-order chi connectivity index (χ0) is 15.8. The molecule has 1 aliphatic heterocycles. The van der Waals surface area contributed by atoms with Crippen LogP contribution in [0.1, 0.15) is 40.5 Å². The Morgan fingerprint density at radius 3 is 2.00 bits per heavy atom. The Kier molecular flexibility index (Phi) is 4.15. The molecule has 0 saturated carbocycles. The second kappa shape index (κ2) is 5.44. The van der Waals surface area contributed by atoms with Crippen LogP contribution in [0.5, 0.6) is 0 Å². The lowest BCUT2D eigenvalue weighted by Crippen LogP contribution is -2.60. The van der Waals surface area contributed by atoms with E-state index in [-0.39, 0.29) is 5.91 Å². The minimum atomic E-state index is -0.885. The van der Waals surface area contributed by atoms with Crippen molar-refractivity contribution in [3.8, 4) is 0 Å². The van der Waals surface area contributed by atoms with Gasteiger partial charge >= 0.3 is 5.97 Å². The number of carboxylic acids is 1. The van der Waals surface area contributed by atoms with Crippen LogP contribution in [0, 0.1) is 11.8 Å². The van der Waals surface area contributed by atoms with Crippen molar-refractivity contribution in [2.24, 2.45) is 11.8 Å². The zero-order valence-electron chi connectivity index (χ0n) is 13.3. The summed E-state index contributed by atoms with van der Waals surface area (Å²) in [4.78, 5) is 26.0. The standard InChI is InChI=1S/C16H25NO4/c1-15(2)9-17(10-16(3,4)21-15)13(18)11-7-5-6-8-12(11)14(19)20/h5-6,11-12H,7-10H2,1-4H3,(H,19,20). The molecule has 5 nitrogen and oxygen atoms in total. The van der Waals surface area contributed by atoms with Gasteiger partial charge in [-0.3, -0.25) is 9.59 Å². The number of carboxylic acid groups (broad SMARTS) is 1. The Bertz CT molecular complexity index is 451. The number of hydrogen-bond acceptors (Lipinski definition) is 3. The van der Waals surface area contributed by atoms with E-state index in [1.54, 1.807) is 4.90 Å². The number of rotatable bonds is 2. The van der Waals surface area contributed by atoms with Gasteiger partial charge in [0, 0.05) is 13.1 Å². The second-order valence-electron chi connectivity index (χ2n) is 7.31. The number of nitrogens with zero attached hydrogens (tertiary/aromatic N) is 1. The molecule has 2 atom stereocenters. The zero-order valence-corrected chi connectivity index (χ0v) is 13.3. The molecule has 118 valence electrons. The highest BCUT2D eigenvalue weighted by atomic mass is 16.5. The molecule has 21 heavy (non-hydrogen) atoms. The van der Waals surface area contributed by atoms with E-state index < -0.39 is 29.0 Å². The van der Waals surface area contributed by atoms with Gasteiger partial charge in [0.1, 0.15) is 0 Å². The van der Waals surface area contributed by atoms with Gasteiger partial charge in [0.25, 0.3) is 0 Å². The van der Waals surface area contributed by atoms with Crippen molar-refractivity contribution >= 4 is 11.9 Å². The van der Waals surface area contributed by atoms with Gasteiger partial charge in [-0.05, 0) is 40.5 Å².